The molecule has 1 aliphatic heterocycles. The highest BCUT2D eigenvalue weighted by atomic mass is 32.1. The van der Waals surface area contributed by atoms with Gasteiger partial charge in [-0.15, -0.1) is 0 Å². The molecule has 2 heterocycles. The van der Waals surface area contributed by atoms with Crippen LogP contribution in [0.1, 0.15) is 30.5 Å². The average Bonchev–Trinajstić information content (AvgIpc) is 2.94. The highest BCUT2D eigenvalue weighted by Gasteiger charge is 2.23. The predicted octanol–water partition coefficient (Wildman–Crippen LogP) is 2.39. The lowest BCUT2D eigenvalue weighted by molar-refractivity contribution is -0.122. The second-order valence-electron chi connectivity index (χ2n) is 6.64. The fraction of sp³-hybridized carbons (Fsp3) is 0.474. The van der Waals surface area contributed by atoms with Gasteiger partial charge in [0.05, 0.1) is 0 Å². The summed E-state index contributed by atoms with van der Waals surface area (Å²) in [6, 6.07) is 10.8. The highest BCUT2D eigenvalue weighted by Crippen LogP contribution is 2.19. The number of hydrogen-bond donors (Lipinski definition) is 1. The van der Waals surface area contributed by atoms with E-state index in [1.54, 1.807) is 5.38 Å². The van der Waals surface area contributed by atoms with Crippen molar-refractivity contribution in [3.05, 3.63) is 56.6 Å². The van der Waals surface area contributed by atoms with Gasteiger partial charge in [-0.25, -0.2) is 0 Å². The zero-order chi connectivity index (χ0) is 17.6. The second kappa shape index (κ2) is 8.45. The first kappa shape index (κ1) is 17.9. The molecule has 25 heavy (non-hydrogen) atoms. The van der Waals surface area contributed by atoms with E-state index in [2.05, 4.69) is 34.5 Å². The number of rotatable bonds is 6. The number of carbonyl (C=O) groups excluding carboxylic acids is 1. The van der Waals surface area contributed by atoms with Crippen molar-refractivity contribution < 1.29 is 4.79 Å². The number of hydrogen-bond acceptors (Lipinski definition) is 4. The Bertz CT molecular complexity index is 754. The van der Waals surface area contributed by atoms with E-state index >= 15 is 0 Å². The monoisotopic (exact) mass is 359 g/mol. The number of nitrogens with one attached hydrogen (secondary N) is 1. The van der Waals surface area contributed by atoms with Gasteiger partial charge >= 0.3 is 4.87 Å². The molecule has 0 radical (unpaired) electrons. The van der Waals surface area contributed by atoms with Crippen molar-refractivity contribution in [1.29, 1.82) is 0 Å². The summed E-state index contributed by atoms with van der Waals surface area (Å²) >= 11 is 1.14. The quantitative estimate of drug-likeness (QED) is 0.862. The van der Waals surface area contributed by atoms with E-state index in [-0.39, 0.29) is 17.3 Å². The van der Waals surface area contributed by atoms with Crippen molar-refractivity contribution in [3.8, 4) is 0 Å². The lowest BCUT2D eigenvalue weighted by Gasteiger charge is -2.36. The van der Waals surface area contributed by atoms with Crippen molar-refractivity contribution >= 4 is 17.2 Å². The predicted molar refractivity (Wildman–Crippen MR) is 101 cm³/mol. The molecule has 0 spiro atoms. The van der Waals surface area contributed by atoms with E-state index in [1.165, 1.54) is 23.0 Å². The number of carbonyl (C=O) groups is 1. The van der Waals surface area contributed by atoms with Gasteiger partial charge in [0, 0.05) is 30.2 Å². The van der Waals surface area contributed by atoms with E-state index in [0.29, 0.717) is 12.6 Å². The SMILES string of the molecule is Cc1csc(=O)n1CC(=O)NCC1CCCCN1Cc1ccccc1. The smallest absolute Gasteiger partial charge is 0.307 e. The molecular weight excluding hydrogens is 334 g/mol. The number of thiazole rings is 1. The molecule has 1 amide bonds. The number of amides is 1. The topological polar surface area (TPSA) is 54.3 Å². The summed E-state index contributed by atoms with van der Waals surface area (Å²) in [6.07, 6.45) is 3.51. The number of aryl methyl sites for hydroxylation is 1. The fourth-order valence-electron chi connectivity index (χ4n) is 3.34. The molecule has 1 fully saturated rings. The summed E-state index contributed by atoms with van der Waals surface area (Å²) in [5.41, 5.74) is 2.15. The Morgan fingerprint density at radius 2 is 2.08 bits per heavy atom. The summed E-state index contributed by atoms with van der Waals surface area (Å²) in [5.74, 6) is -0.0890. The van der Waals surface area contributed by atoms with E-state index in [4.69, 9.17) is 0 Å². The van der Waals surface area contributed by atoms with Gasteiger partial charge in [-0.3, -0.25) is 19.1 Å². The molecule has 1 aromatic carbocycles. The molecule has 0 bridgehead atoms. The molecule has 5 nitrogen and oxygen atoms in total. The van der Waals surface area contributed by atoms with Crippen LogP contribution in [0, 0.1) is 6.92 Å². The van der Waals surface area contributed by atoms with E-state index < -0.39 is 0 Å². The molecular formula is C19H25N3O2S. The first-order chi connectivity index (χ1) is 12.1. The largest absolute Gasteiger partial charge is 0.353 e. The minimum Gasteiger partial charge on any atom is -0.353 e. The van der Waals surface area contributed by atoms with Crippen LogP contribution in [0.5, 0.6) is 0 Å². The number of benzene rings is 1. The Labute approximate surface area is 152 Å². The van der Waals surface area contributed by atoms with Crippen LogP contribution in [0.15, 0.2) is 40.5 Å². The van der Waals surface area contributed by atoms with Crippen molar-refractivity contribution in [1.82, 2.24) is 14.8 Å². The van der Waals surface area contributed by atoms with Gasteiger partial charge < -0.3 is 5.32 Å². The molecule has 1 saturated heterocycles. The van der Waals surface area contributed by atoms with E-state index in [9.17, 15) is 9.59 Å². The number of piperidine rings is 1. The Morgan fingerprint density at radius 3 is 2.80 bits per heavy atom. The van der Waals surface area contributed by atoms with Crippen LogP contribution >= 0.6 is 11.3 Å². The third kappa shape index (κ3) is 4.80. The van der Waals surface area contributed by atoms with Gasteiger partial charge in [0.1, 0.15) is 6.54 Å². The third-order valence-corrected chi connectivity index (χ3v) is 5.67. The zero-order valence-corrected chi connectivity index (χ0v) is 15.4. The summed E-state index contributed by atoms with van der Waals surface area (Å²) in [5, 5.41) is 4.82. The van der Waals surface area contributed by atoms with Gasteiger partial charge in [-0.05, 0) is 31.9 Å². The minimum atomic E-state index is -0.0890. The summed E-state index contributed by atoms with van der Waals surface area (Å²) in [7, 11) is 0. The molecule has 6 heteroatoms. The first-order valence-corrected chi connectivity index (χ1v) is 9.71. The molecule has 1 aromatic heterocycles. The molecule has 0 saturated carbocycles. The van der Waals surface area contributed by atoms with Gasteiger partial charge in [0.2, 0.25) is 5.91 Å². The maximum absolute atomic E-state index is 12.2. The Hall–Kier alpha value is -1.92. The number of nitrogens with zero attached hydrogens (tertiary/aromatic N) is 2. The van der Waals surface area contributed by atoms with Gasteiger partial charge in [-0.2, -0.15) is 0 Å². The Kier molecular flexibility index (Phi) is 6.04. The zero-order valence-electron chi connectivity index (χ0n) is 14.6. The second-order valence-corrected chi connectivity index (χ2v) is 7.46. The number of aromatic nitrogens is 1. The molecule has 134 valence electrons. The molecule has 1 N–H and O–H groups in total. The Balaban J connectivity index is 1.55. The minimum absolute atomic E-state index is 0.0731. The molecule has 2 aromatic rings. The molecule has 3 rings (SSSR count). The first-order valence-electron chi connectivity index (χ1n) is 8.83. The lowest BCUT2D eigenvalue weighted by Crippen LogP contribution is -2.47. The lowest BCUT2D eigenvalue weighted by atomic mass is 10.0. The summed E-state index contributed by atoms with van der Waals surface area (Å²) in [4.78, 5) is 26.4. The molecule has 1 atom stereocenters. The van der Waals surface area contributed by atoms with Gasteiger partial charge in [0.25, 0.3) is 0 Å². The Morgan fingerprint density at radius 1 is 1.28 bits per heavy atom. The van der Waals surface area contributed by atoms with Gasteiger partial charge in [-0.1, -0.05) is 48.1 Å². The van der Waals surface area contributed by atoms with Crippen LogP contribution in [0.4, 0.5) is 0 Å². The van der Waals surface area contributed by atoms with Crippen LogP contribution in [0.25, 0.3) is 0 Å². The van der Waals surface area contributed by atoms with Crippen LogP contribution in [-0.4, -0.2) is 34.5 Å². The van der Waals surface area contributed by atoms with Crippen molar-refractivity contribution in [2.24, 2.45) is 0 Å². The number of likely N-dealkylation sites (tertiary alicyclic amines) is 1. The maximum Gasteiger partial charge on any atom is 0.307 e. The normalized spacial score (nSPS) is 18.2. The van der Waals surface area contributed by atoms with Crippen LogP contribution in [-0.2, 0) is 17.9 Å². The molecule has 1 aliphatic rings. The van der Waals surface area contributed by atoms with E-state index in [1.807, 2.05) is 13.0 Å². The highest BCUT2D eigenvalue weighted by molar-refractivity contribution is 7.07. The van der Waals surface area contributed by atoms with E-state index in [0.717, 1.165) is 36.5 Å². The van der Waals surface area contributed by atoms with Crippen molar-refractivity contribution in [2.75, 3.05) is 13.1 Å². The fourth-order valence-corrected chi connectivity index (χ4v) is 4.08. The van der Waals surface area contributed by atoms with Crippen molar-refractivity contribution in [3.63, 3.8) is 0 Å². The van der Waals surface area contributed by atoms with Gasteiger partial charge in [0.15, 0.2) is 0 Å². The third-order valence-electron chi connectivity index (χ3n) is 4.79. The van der Waals surface area contributed by atoms with Crippen LogP contribution < -0.4 is 10.2 Å². The standard InChI is InChI=1S/C19H25N3O2S/c1-15-14-25-19(24)22(15)13-18(23)20-11-17-9-5-6-10-21(17)12-16-7-3-2-4-8-16/h2-4,7-8,14,17H,5-6,9-13H2,1H3,(H,20,23). The summed E-state index contributed by atoms with van der Waals surface area (Å²) in [6.45, 7) is 4.60. The molecule has 1 unspecified atom stereocenters. The average molecular weight is 359 g/mol. The maximum atomic E-state index is 12.2. The van der Waals surface area contributed by atoms with Crippen molar-refractivity contribution in [2.45, 2.75) is 45.3 Å². The summed E-state index contributed by atoms with van der Waals surface area (Å²) < 4.78 is 1.53. The van der Waals surface area contributed by atoms with Crippen LogP contribution in [0.2, 0.25) is 0 Å². The molecule has 0 aliphatic carbocycles. The van der Waals surface area contributed by atoms with Crippen LogP contribution in [0.3, 0.4) is 0 Å².